The van der Waals surface area contributed by atoms with Gasteiger partial charge in [-0.2, -0.15) is 0 Å². The fraction of sp³-hybridized carbons (Fsp3) is 0.467. The number of nitrogens with two attached hydrogens (primary N) is 1. The molecule has 1 aliphatic carbocycles. The number of benzene rings is 1. The summed E-state index contributed by atoms with van der Waals surface area (Å²) in [4.78, 5) is 15.6. The maximum Gasteiger partial charge on any atom is 0.248 e. The van der Waals surface area contributed by atoms with Gasteiger partial charge in [-0.05, 0) is 36.5 Å². The molecule has 4 nitrogen and oxygen atoms in total. The van der Waals surface area contributed by atoms with Crippen molar-refractivity contribution in [3.63, 3.8) is 0 Å². The predicted molar refractivity (Wildman–Crippen MR) is 74.8 cm³/mol. The summed E-state index contributed by atoms with van der Waals surface area (Å²) in [5, 5.41) is 0. The molecule has 0 bridgehead atoms. The molecule has 4 heteroatoms. The van der Waals surface area contributed by atoms with E-state index in [2.05, 4.69) is 16.5 Å². The lowest BCUT2D eigenvalue weighted by molar-refractivity contribution is 0.100. The van der Waals surface area contributed by atoms with E-state index < -0.39 is 5.91 Å². The molecule has 100 valence electrons. The normalized spacial score (nSPS) is 17.9. The molecule has 1 fully saturated rings. The summed E-state index contributed by atoms with van der Waals surface area (Å²) in [6.45, 7) is 3.35. The Labute approximate surface area is 112 Å². The van der Waals surface area contributed by atoms with Crippen LogP contribution in [0, 0.1) is 5.41 Å². The average Bonchev–Trinajstić information content (AvgIpc) is 2.97. The largest absolute Gasteiger partial charge is 0.366 e. The van der Waals surface area contributed by atoms with E-state index in [1.807, 2.05) is 12.4 Å². The van der Waals surface area contributed by atoms with Gasteiger partial charge in [-0.25, -0.2) is 4.98 Å². The van der Waals surface area contributed by atoms with Gasteiger partial charge < -0.3 is 10.3 Å². The van der Waals surface area contributed by atoms with E-state index in [0.29, 0.717) is 11.0 Å². The molecule has 1 aliphatic rings. The number of amides is 1. The van der Waals surface area contributed by atoms with Crippen LogP contribution in [0.25, 0.3) is 11.0 Å². The fourth-order valence-electron chi connectivity index (χ4n) is 3.14. The van der Waals surface area contributed by atoms with E-state index in [1.54, 1.807) is 12.1 Å². The summed E-state index contributed by atoms with van der Waals surface area (Å²) in [7, 11) is 0. The van der Waals surface area contributed by atoms with Gasteiger partial charge in [-0.1, -0.05) is 19.8 Å². The summed E-state index contributed by atoms with van der Waals surface area (Å²) in [5.74, 6) is -0.404. The molecule has 0 spiro atoms. The number of hydrogen-bond acceptors (Lipinski definition) is 2. The number of imidazole rings is 1. The molecule has 1 amide bonds. The molecule has 19 heavy (non-hydrogen) atoms. The van der Waals surface area contributed by atoms with Gasteiger partial charge in [0.1, 0.15) is 0 Å². The van der Waals surface area contributed by atoms with Crippen LogP contribution in [0.15, 0.2) is 24.5 Å². The minimum Gasteiger partial charge on any atom is -0.366 e. The third-order valence-electron chi connectivity index (χ3n) is 4.27. The Kier molecular flexibility index (Phi) is 2.81. The molecule has 2 aromatic rings. The Hall–Kier alpha value is -1.84. The van der Waals surface area contributed by atoms with E-state index in [4.69, 9.17) is 5.73 Å². The van der Waals surface area contributed by atoms with Crippen LogP contribution in [0.1, 0.15) is 43.0 Å². The van der Waals surface area contributed by atoms with Crippen LogP contribution in [0.5, 0.6) is 0 Å². The Bertz CT molecular complexity index is 623. The van der Waals surface area contributed by atoms with Gasteiger partial charge in [0, 0.05) is 12.1 Å². The summed E-state index contributed by atoms with van der Waals surface area (Å²) < 4.78 is 2.20. The second-order valence-electron chi connectivity index (χ2n) is 5.96. The number of carbonyl (C=O) groups excluding carboxylic acids is 1. The minimum absolute atomic E-state index is 0.385. The topological polar surface area (TPSA) is 60.9 Å². The summed E-state index contributed by atoms with van der Waals surface area (Å²) >= 11 is 0. The van der Waals surface area contributed by atoms with E-state index in [9.17, 15) is 4.79 Å². The second kappa shape index (κ2) is 4.37. The van der Waals surface area contributed by atoms with Crippen LogP contribution < -0.4 is 5.73 Å². The number of aromatic nitrogens is 2. The minimum atomic E-state index is -0.404. The molecular formula is C15H19N3O. The Balaban J connectivity index is 1.94. The van der Waals surface area contributed by atoms with E-state index in [0.717, 1.165) is 17.6 Å². The number of carbonyl (C=O) groups is 1. The molecule has 1 aromatic heterocycles. The van der Waals surface area contributed by atoms with E-state index in [-0.39, 0.29) is 0 Å². The molecule has 1 saturated carbocycles. The van der Waals surface area contributed by atoms with Crippen molar-refractivity contribution in [2.45, 2.75) is 39.2 Å². The molecule has 0 aliphatic heterocycles. The molecule has 0 radical (unpaired) electrons. The zero-order chi connectivity index (χ0) is 13.5. The third-order valence-corrected chi connectivity index (χ3v) is 4.27. The van der Waals surface area contributed by atoms with Crippen LogP contribution in [-0.2, 0) is 6.54 Å². The first-order chi connectivity index (χ1) is 9.07. The highest BCUT2D eigenvalue weighted by atomic mass is 16.1. The number of nitrogens with zero attached hydrogens (tertiary/aromatic N) is 2. The Morgan fingerprint density at radius 2 is 2.16 bits per heavy atom. The van der Waals surface area contributed by atoms with Gasteiger partial charge in [0.05, 0.1) is 17.4 Å². The first-order valence-electron chi connectivity index (χ1n) is 6.82. The SMILES string of the molecule is CC1(Cn2cnc3cc(C(N)=O)ccc32)CCCC1. The van der Waals surface area contributed by atoms with Crippen LogP contribution >= 0.6 is 0 Å². The average molecular weight is 257 g/mol. The molecule has 0 atom stereocenters. The number of primary amides is 1. The monoisotopic (exact) mass is 257 g/mol. The maximum absolute atomic E-state index is 11.2. The summed E-state index contributed by atoms with van der Waals surface area (Å²) in [5.41, 5.74) is 8.12. The van der Waals surface area contributed by atoms with Crippen molar-refractivity contribution >= 4 is 16.9 Å². The standard InChI is InChI=1S/C15H19N3O/c1-15(6-2-3-7-15)9-18-10-17-12-8-11(14(16)19)4-5-13(12)18/h4-5,8,10H,2-3,6-7,9H2,1H3,(H2,16,19). The molecule has 1 aromatic carbocycles. The smallest absolute Gasteiger partial charge is 0.248 e. The predicted octanol–water partition coefficient (Wildman–Crippen LogP) is 2.72. The van der Waals surface area contributed by atoms with Gasteiger partial charge in [-0.15, -0.1) is 0 Å². The first kappa shape index (κ1) is 12.2. The van der Waals surface area contributed by atoms with Crippen LogP contribution in [0.2, 0.25) is 0 Å². The lowest BCUT2D eigenvalue weighted by Crippen LogP contribution is -2.19. The summed E-state index contributed by atoms with van der Waals surface area (Å²) in [6.07, 6.45) is 7.10. The van der Waals surface area contributed by atoms with E-state index >= 15 is 0 Å². The third kappa shape index (κ3) is 2.23. The fourth-order valence-corrected chi connectivity index (χ4v) is 3.14. The van der Waals surface area contributed by atoms with Crippen LogP contribution in [-0.4, -0.2) is 15.5 Å². The zero-order valence-electron chi connectivity index (χ0n) is 11.2. The zero-order valence-corrected chi connectivity index (χ0v) is 11.2. The number of fused-ring (bicyclic) bond motifs is 1. The van der Waals surface area contributed by atoms with Crippen molar-refractivity contribution in [1.29, 1.82) is 0 Å². The second-order valence-corrected chi connectivity index (χ2v) is 5.96. The highest BCUT2D eigenvalue weighted by Crippen LogP contribution is 2.39. The number of rotatable bonds is 3. The van der Waals surface area contributed by atoms with E-state index in [1.165, 1.54) is 25.7 Å². The van der Waals surface area contributed by atoms with Crippen molar-refractivity contribution in [2.75, 3.05) is 0 Å². The Morgan fingerprint density at radius 3 is 2.84 bits per heavy atom. The lowest BCUT2D eigenvalue weighted by Gasteiger charge is -2.24. The van der Waals surface area contributed by atoms with Crippen molar-refractivity contribution in [2.24, 2.45) is 11.1 Å². The maximum atomic E-state index is 11.2. The highest BCUT2D eigenvalue weighted by molar-refractivity contribution is 5.96. The first-order valence-corrected chi connectivity index (χ1v) is 6.82. The molecule has 0 saturated heterocycles. The molecule has 1 heterocycles. The Morgan fingerprint density at radius 1 is 1.42 bits per heavy atom. The lowest BCUT2D eigenvalue weighted by atomic mass is 9.89. The summed E-state index contributed by atoms with van der Waals surface area (Å²) in [6, 6.07) is 5.49. The van der Waals surface area contributed by atoms with Gasteiger partial charge in [0.15, 0.2) is 0 Å². The molecule has 0 unspecified atom stereocenters. The van der Waals surface area contributed by atoms with Gasteiger partial charge in [0.2, 0.25) is 5.91 Å². The van der Waals surface area contributed by atoms with Gasteiger partial charge in [-0.3, -0.25) is 4.79 Å². The van der Waals surface area contributed by atoms with Crippen molar-refractivity contribution in [3.05, 3.63) is 30.1 Å². The highest BCUT2D eigenvalue weighted by Gasteiger charge is 2.29. The van der Waals surface area contributed by atoms with Crippen molar-refractivity contribution < 1.29 is 4.79 Å². The quantitative estimate of drug-likeness (QED) is 0.919. The van der Waals surface area contributed by atoms with Crippen molar-refractivity contribution in [3.8, 4) is 0 Å². The van der Waals surface area contributed by atoms with Crippen LogP contribution in [0.3, 0.4) is 0 Å². The van der Waals surface area contributed by atoms with Crippen molar-refractivity contribution in [1.82, 2.24) is 9.55 Å². The number of hydrogen-bond donors (Lipinski definition) is 1. The van der Waals surface area contributed by atoms with Crippen LogP contribution in [0.4, 0.5) is 0 Å². The molecular weight excluding hydrogens is 238 g/mol. The molecule has 2 N–H and O–H groups in total. The molecule has 3 rings (SSSR count). The van der Waals surface area contributed by atoms with Gasteiger partial charge >= 0.3 is 0 Å². The van der Waals surface area contributed by atoms with Gasteiger partial charge in [0.25, 0.3) is 0 Å².